The highest BCUT2D eigenvalue weighted by Crippen LogP contribution is 2.32. The maximum atomic E-state index is 12.3. The second-order valence-corrected chi connectivity index (χ2v) is 8.47. The van der Waals surface area contributed by atoms with E-state index in [-0.39, 0.29) is 19.0 Å². The highest BCUT2D eigenvalue weighted by atomic mass is 79.9. The van der Waals surface area contributed by atoms with Gasteiger partial charge < -0.3 is 14.2 Å². The molecule has 0 saturated heterocycles. The van der Waals surface area contributed by atoms with Gasteiger partial charge in [0, 0.05) is 10.9 Å². The Morgan fingerprint density at radius 3 is 2.45 bits per heavy atom. The molecule has 0 amide bonds. The zero-order chi connectivity index (χ0) is 22.2. The molecule has 0 N–H and O–H groups in total. The molecule has 0 aromatic heterocycles. The minimum absolute atomic E-state index is 0.248. The van der Waals surface area contributed by atoms with Gasteiger partial charge >= 0.3 is 11.9 Å². The molecule has 0 atom stereocenters. The molecular formula is C24H20Br2O5. The largest absolute Gasteiger partial charge is 0.480 e. The monoisotopic (exact) mass is 546 g/mol. The van der Waals surface area contributed by atoms with Crippen molar-refractivity contribution in [1.29, 1.82) is 0 Å². The Morgan fingerprint density at radius 1 is 0.935 bits per heavy atom. The van der Waals surface area contributed by atoms with Crippen LogP contribution in [0, 0.1) is 6.92 Å². The highest BCUT2D eigenvalue weighted by Gasteiger charge is 2.13. The lowest BCUT2D eigenvalue weighted by molar-refractivity contribution is -0.136. The molecule has 0 radical (unpaired) electrons. The van der Waals surface area contributed by atoms with Gasteiger partial charge in [0.1, 0.15) is 11.5 Å². The van der Waals surface area contributed by atoms with Gasteiger partial charge in [-0.25, -0.2) is 9.59 Å². The van der Waals surface area contributed by atoms with Crippen molar-refractivity contribution in [3.05, 3.63) is 92.4 Å². The van der Waals surface area contributed by atoms with Crippen molar-refractivity contribution in [2.75, 3.05) is 13.2 Å². The summed E-state index contributed by atoms with van der Waals surface area (Å²) in [5.41, 5.74) is 2.27. The standard InChI is InChI=1S/C24H20Br2O5/c1-16-12-19(25)14-21(26)23(16)30-15-22(27)31-20-9-5-8-18(13-20)24(28)29-11-10-17-6-3-2-4-7-17/h2-9,12-14H,10-11,15H2,1H3. The first-order valence-corrected chi connectivity index (χ1v) is 11.1. The number of carbonyl (C=O) groups is 2. The van der Waals surface area contributed by atoms with E-state index in [9.17, 15) is 9.59 Å². The van der Waals surface area contributed by atoms with Crippen LogP contribution in [0.4, 0.5) is 0 Å². The van der Waals surface area contributed by atoms with Gasteiger partial charge in [-0.2, -0.15) is 0 Å². The predicted molar refractivity (Wildman–Crippen MR) is 125 cm³/mol. The summed E-state index contributed by atoms with van der Waals surface area (Å²) in [6.45, 7) is 1.87. The van der Waals surface area contributed by atoms with Crippen LogP contribution in [0.2, 0.25) is 0 Å². The van der Waals surface area contributed by atoms with E-state index >= 15 is 0 Å². The molecule has 0 bridgehead atoms. The fourth-order valence-corrected chi connectivity index (χ4v) is 4.39. The van der Waals surface area contributed by atoms with E-state index in [0.717, 1.165) is 20.1 Å². The number of hydrogen-bond acceptors (Lipinski definition) is 5. The third kappa shape index (κ3) is 6.94. The van der Waals surface area contributed by atoms with Crippen molar-refractivity contribution in [3.8, 4) is 11.5 Å². The highest BCUT2D eigenvalue weighted by molar-refractivity contribution is 9.11. The number of ether oxygens (including phenoxy) is 3. The molecule has 31 heavy (non-hydrogen) atoms. The fraction of sp³-hybridized carbons (Fsp3) is 0.167. The Kier molecular flexibility index (Phi) is 8.26. The average molecular weight is 548 g/mol. The SMILES string of the molecule is Cc1cc(Br)cc(Br)c1OCC(=O)Oc1cccc(C(=O)OCCc2ccccc2)c1. The van der Waals surface area contributed by atoms with Crippen molar-refractivity contribution in [3.63, 3.8) is 0 Å². The van der Waals surface area contributed by atoms with Crippen LogP contribution in [0.3, 0.4) is 0 Å². The molecule has 3 rings (SSSR count). The van der Waals surface area contributed by atoms with Crippen LogP contribution in [-0.4, -0.2) is 25.2 Å². The summed E-state index contributed by atoms with van der Waals surface area (Å²) in [5.74, 6) is -0.239. The van der Waals surface area contributed by atoms with Crippen molar-refractivity contribution in [2.24, 2.45) is 0 Å². The second kappa shape index (κ2) is 11.1. The van der Waals surface area contributed by atoms with E-state index in [1.807, 2.05) is 49.4 Å². The number of carbonyl (C=O) groups excluding carboxylic acids is 2. The van der Waals surface area contributed by atoms with Gasteiger partial charge in [0.2, 0.25) is 0 Å². The van der Waals surface area contributed by atoms with Gasteiger partial charge in [-0.15, -0.1) is 0 Å². The fourth-order valence-electron chi connectivity index (χ4n) is 2.84. The summed E-state index contributed by atoms with van der Waals surface area (Å²) in [5, 5.41) is 0. The number of benzene rings is 3. The molecule has 0 aliphatic carbocycles. The first-order chi connectivity index (χ1) is 14.9. The normalized spacial score (nSPS) is 10.4. The average Bonchev–Trinajstić information content (AvgIpc) is 2.74. The molecule has 0 fully saturated rings. The summed E-state index contributed by atoms with van der Waals surface area (Å²) in [4.78, 5) is 24.5. The molecule has 0 saturated carbocycles. The van der Waals surface area contributed by atoms with Gasteiger partial charge in [0.25, 0.3) is 0 Å². The van der Waals surface area contributed by atoms with Crippen LogP contribution >= 0.6 is 31.9 Å². The van der Waals surface area contributed by atoms with Crippen LogP contribution < -0.4 is 9.47 Å². The molecule has 0 heterocycles. The third-order valence-corrected chi connectivity index (χ3v) is 5.34. The Morgan fingerprint density at radius 2 is 1.71 bits per heavy atom. The first kappa shape index (κ1) is 23.0. The molecule has 7 heteroatoms. The van der Waals surface area contributed by atoms with Gasteiger partial charge in [-0.05, 0) is 64.3 Å². The van der Waals surface area contributed by atoms with E-state index in [2.05, 4.69) is 31.9 Å². The molecule has 5 nitrogen and oxygen atoms in total. The lowest BCUT2D eigenvalue weighted by atomic mass is 10.2. The van der Waals surface area contributed by atoms with Crippen molar-refractivity contribution in [1.82, 2.24) is 0 Å². The third-order valence-electron chi connectivity index (χ3n) is 4.30. The zero-order valence-electron chi connectivity index (χ0n) is 16.8. The topological polar surface area (TPSA) is 61.8 Å². The van der Waals surface area contributed by atoms with Gasteiger partial charge in [0.15, 0.2) is 6.61 Å². The van der Waals surface area contributed by atoms with Gasteiger partial charge in [-0.1, -0.05) is 52.3 Å². The summed E-state index contributed by atoms with van der Waals surface area (Å²) in [6.07, 6.45) is 0.629. The predicted octanol–water partition coefficient (Wildman–Crippen LogP) is 5.90. The van der Waals surface area contributed by atoms with Gasteiger partial charge in [-0.3, -0.25) is 0 Å². The van der Waals surface area contributed by atoms with Crippen LogP contribution in [0.1, 0.15) is 21.5 Å². The quantitative estimate of drug-likeness (QED) is 0.259. The van der Waals surface area contributed by atoms with Crippen LogP contribution in [0.15, 0.2) is 75.7 Å². The number of halogens is 2. The molecule has 160 valence electrons. The number of rotatable bonds is 8. The van der Waals surface area contributed by atoms with E-state index in [1.165, 1.54) is 6.07 Å². The van der Waals surface area contributed by atoms with Crippen molar-refractivity contribution >= 4 is 43.8 Å². The van der Waals surface area contributed by atoms with Crippen LogP contribution in [-0.2, 0) is 16.0 Å². The molecule has 3 aromatic carbocycles. The molecule has 3 aromatic rings. The van der Waals surface area contributed by atoms with Gasteiger partial charge in [0.05, 0.1) is 16.6 Å². The molecule has 0 aliphatic heterocycles. The molecule has 0 aliphatic rings. The smallest absolute Gasteiger partial charge is 0.349 e. The summed E-state index contributed by atoms with van der Waals surface area (Å²) < 4.78 is 17.9. The van der Waals surface area contributed by atoms with E-state index in [4.69, 9.17) is 14.2 Å². The molecule has 0 unspecified atom stereocenters. The Bertz CT molecular complexity index is 1040. The van der Waals surface area contributed by atoms with E-state index < -0.39 is 11.9 Å². The summed E-state index contributed by atoms with van der Waals surface area (Å²) >= 11 is 6.82. The maximum Gasteiger partial charge on any atom is 0.349 e. The number of esters is 2. The zero-order valence-corrected chi connectivity index (χ0v) is 19.9. The number of hydrogen-bond donors (Lipinski definition) is 0. The van der Waals surface area contributed by atoms with E-state index in [1.54, 1.807) is 18.2 Å². The Hall–Kier alpha value is -2.64. The first-order valence-electron chi connectivity index (χ1n) is 9.52. The Balaban J connectivity index is 1.52. The second-order valence-electron chi connectivity index (χ2n) is 6.70. The van der Waals surface area contributed by atoms with Crippen LogP contribution in [0.5, 0.6) is 11.5 Å². The lowest BCUT2D eigenvalue weighted by Gasteiger charge is -2.12. The summed E-state index contributed by atoms with van der Waals surface area (Å²) in [7, 11) is 0. The number of aryl methyl sites for hydroxylation is 1. The van der Waals surface area contributed by atoms with E-state index in [0.29, 0.717) is 17.7 Å². The minimum Gasteiger partial charge on any atom is -0.480 e. The molecular weight excluding hydrogens is 528 g/mol. The lowest BCUT2D eigenvalue weighted by Crippen LogP contribution is -2.18. The maximum absolute atomic E-state index is 12.3. The minimum atomic E-state index is -0.580. The van der Waals surface area contributed by atoms with Crippen LogP contribution in [0.25, 0.3) is 0 Å². The molecule has 0 spiro atoms. The van der Waals surface area contributed by atoms with Crippen molar-refractivity contribution < 1.29 is 23.8 Å². The van der Waals surface area contributed by atoms with Crippen molar-refractivity contribution in [2.45, 2.75) is 13.3 Å². The summed E-state index contributed by atoms with van der Waals surface area (Å²) in [6, 6.07) is 19.8. The Labute approximate surface area is 197 Å².